The molecule has 0 aliphatic rings. The Kier molecular flexibility index (Phi) is 5.91. The zero-order valence-corrected chi connectivity index (χ0v) is 12.1. The van der Waals surface area contributed by atoms with Crippen LogP contribution in [0.2, 0.25) is 0 Å². The molecule has 1 amide bonds. The van der Waals surface area contributed by atoms with Gasteiger partial charge in [-0.15, -0.1) is 0 Å². The van der Waals surface area contributed by atoms with Crippen LogP contribution in [-0.2, 0) is 4.79 Å². The van der Waals surface area contributed by atoms with Gasteiger partial charge in [-0.25, -0.2) is 5.84 Å². The van der Waals surface area contributed by atoms with E-state index in [4.69, 9.17) is 10.6 Å². The van der Waals surface area contributed by atoms with E-state index in [2.05, 4.69) is 31.0 Å². The predicted octanol–water partition coefficient (Wildman–Crippen LogP) is -0.119. The Morgan fingerprint density at radius 3 is 2.45 bits per heavy atom. The van der Waals surface area contributed by atoms with Crippen molar-refractivity contribution in [3.8, 4) is 6.01 Å². The molecule has 1 aromatic heterocycles. The fourth-order valence-electron chi connectivity index (χ4n) is 1.35. The van der Waals surface area contributed by atoms with Crippen LogP contribution in [0.15, 0.2) is 0 Å². The quantitative estimate of drug-likeness (QED) is 0.403. The first-order valence-electron chi connectivity index (χ1n) is 6.38. The van der Waals surface area contributed by atoms with Gasteiger partial charge in [-0.3, -0.25) is 10.2 Å². The van der Waals surface area contributed by atoms with Crippen LogP contribution in [0.25, 0.3) is 0 Å². The van der Waals surface area contributed by atoms with Crippen LogP contribution >= 0.6 is 0 Å². The van der Waals surface area contributed by atoms with E-state index < -0.39 is 6.04 Å². The van der Waals surface area contributed by atoms with Crippen LogP contribution < -0.4 is 26.6 Å². The summed E-state index contributed by atoms with van der Waals surface area (Å²) < 4.78 is 5.20. The molecule has 1 heterocycles. The maximum Gasteiger partial charge on any atom is 0.323 e. The molecule has 0 radical (unpaired) electrons. The molecule has 1 unspecified atom stereocenters. The number of amides is 1. The molecule has 1 atom stereocenters. The predicted molar refractivity (Wildman–Crippen MR) is 75.2 cm³/mol. The molecule has 9 heteroatoms. The van der Waals surface area contributed by atoms with Crippen molar-refractivity contribution in [1.29, 1.82) is 0 Å². The second kappa shape index (κ2) is 7.43. The van der Waals surface area contributed by atoms with Crippen LogP contribution in [0.1, 0.15) is 27.7 Å². The molecule has 0 saturated carbocycles. The van der Waals surface area contributed by atoms with Crippen molar-refractivity contribution in [1.82, 2.24) is 20.3 Å². The molecule has 112 valence electrons. The molecule has 20 heavy (non-hydrogen) atoms. The fraction of sp³-hybridized carbons (Fsp3) is 0.636. The summed E-state index contributed by atoms with van der Waals surface area (Å²) in [6.45, 7) is 7.70. The molecule has 0 spiro atoms. The molecule has 0 bridgehead atoms. The largest absolute Gasteiger partial charge is 0.464 e. The van der Waals surface area contributed by atoms with E-state index in [9.17, 15) is 4.79 Å². The van der Waals surface area contributed by atoms with E-state index in [1.165, 1.54) is 0 Å². The Hall–Kier alpha value is -2.16. The molecule has 0 aliphatic carbocycles. The van der Waals surface area contributed by atoms with Gasteiger partial charge < -0.3 is 15.4 Å². The standard InChI is InChI=1S/C11H21N7O2/c1-5-20-11-16-9(15-10(17-11)18-12)14-7(4)8(19)13-6(2)3/h6-7H,5,12H2,1-4H3,(H,13,19)(H2,14,15,16,17,18). The lowest BCUT2D eigenvalue weighted by Gasteiger charge is -2.16. The van der Waals surface area contributed by atoms with Gasteiger partial charge in [0.15, 0.2) is 0 Å². The molecule has 0 fully saturated rings. The minimum atomic E-state index is -0.500. The average molecular weight is 283 g/mol. The lowest BCUT2D eigenvalue weighted by Crippen LogP contribution is -2.41. The molecular weight excluding hydrogens is 262 g/mol. The number of hydrogen-bond acceptors (Lipinski definition) is 8. The molecule has 0 aromatic carbocycles. The van der Waals surface area contributed by atoms with Gasteiger partial charge in [-0.1, -0.05) is 0 Å². The van der Waals surface area contributed by atoms with Crippen molar-refractivity contribution in [3.63, 3.8) is 0 Å². The molecule has 0 aliphatic heterocycles. The molecule has 1 rings (SSSR count). The first-order chi connectivity index (χ1) is 9.46. The van der Waals surface area contributed by atoms with E-state index in [1.54, 1.807) is 6.92 Å². The van der Waals surface area contributed by atoms with Crippen molar-refractivity contribution in [3.05, 3.63) is 0 Å². The summed E-state index contributed by atoms with van der Waals surface area (Å²) in [6, 6.07) is -0.306. The lowest BCUT2D eigenvalue weighted by molar-refractivity contribution is -0.122. The normalized spacial score (nSPS) is 11.9. The van der Waals surface area contributed by atoms with Crippen LogP contribution in [0.4, 0.5) is 11.9 Å². The van der Waals surface area contributed by atoms with E-state index in [-0.39, 0.29) is 29.9 Å². The average Bonchev–Trinajstić information content (AvgIpc) is 2.37. The number of carbonyl (C=O) groups excluding carboxylic acids is 1. The number of nitrogens with zero attached hydrogens (tertiary/aromatic N) is 3. The van der Waals surface area contributed by atoms with Gasteiger partial charge in [0.1, 0.15) is 6.04 Å². The lowest BCUT2D eigenvalue weighted by atomic mass is 10.3. The summed E-state index contributed by atoms with van der Waals surface area (Å²) in [4.78, 5) is 23.8. The van der Waals surface area contributed by atoms with E-state index in [0.29, 0.717) is 6.61 Å². The monoisotopic (exact) mass is 283 g/mol. The van der Waals surface area contributed by atoms with Gasteiger partial charge in [-0.2, -0.15) is 15.0 Å². The summed E-state index contributed by atoms with van der Waals surface area (Å²) in [5.41, 5.74) is 2.32. The highest BCUT2D eigenvalue weighted by Gasteiger charge is 2.16. The third kappa shape index (κ3) is 4.84. The number of nitrogen functional groups attached to an aromatic ring is 1. The van der Waals surface area contributed by atoms with Crippen LogP contribution in [-0.4, -0.2) is 39.5 Å². The van der Waals surface area contributed by atoms with E-state index in [1.807, 2.05) is 20.8 Å². The Bertz CT molecular complexity index is 452. The number of rotatable bonds is 7. The van der Waals surface area contributed by atoms with E-state index in [0.717, 1.165) is 0 Å². The zero-order valence-electron chi connectivity index (χ0n) is 12.1. The van der Waals surface area contributed by atoms with Gasteiger partial charge in [0.05, 0.1) is 6.61 Å². The molecular formula is C11H21N7O2. The van der Waals surface area contributed by atoms with Crippen molar-refractivity contribution >= 4 is 17.8 Å². The number of nitrogens with one attached hydrogen (secondary N) is 3. The second-order valence-corrected chi connectivity index (χ2v) is 4.37. The van der Waals surface area contributed by atoms with Crippen molar-refractivity contribution in [2.75, 3.05) is 17.3 Å². The number of aromatic nitrogens is 3. The van der Waals surface area contributed by atoms with Gasteiger partial charge in [-0.05, 0) is 27.7 Å². The number of carbonyl (C=O) groups is 1. The Balaban J connectivity index is 2.80. The molecule has 9 nitrogen and oxygen atoms in total. The minimum Gasteiger partial charge on any atom is -0.464 e. The van der Waals surface area contributed by atoms with Crippen molar-refractivity contribution < 1.29 is 9.53 Å². The highest BCUT2D eigenvalue weighted by Crippen LogP contribution is 2.11. The maximum atomic E-state index is 11.8. The highest BCUT2D eigenvalue weighted by molar-refractivity contribution is 5.83. The highest BCUT2D eigenvalue weighted by atomic mass is 16.5. The summed E-state index contributed by atoms with van der Waals surface area (Å²) in [5, 5.41) is 5.66. The van der Waals surface area contributed by atoms with Gasteiger partial charge in [0.25, 0.3) is 0 Å². The van der Waals surface area contributed by atoms with Crippen LogP contribution in [0.3, 0.4) is 0 Å². The van der Waals surface area contributed by atoms with Crippen LogP contribution in [0, 0.1) is 0 Å². The van der Waals surface area contributed by atoms with Crippen molar-refractivity contribution in [2.24, 2.45) is 5.84 Å². The topological polar surface area (TPSA) is 127 Å². The maximum absolute atomic E-state index is 11.8. The second-order valence-electron chi connectivity index (χ2n) is 4.37. The SMILES string of the molecule is CCOc1nc(NN)nc(NC(C)C(=O)NC(C)C)n1. The Morgan fingerprint density at radius 1 is 1.25 bits per heavy atom. The Labute approximate surface area is 117 Å². The number of ether oxygens (including phenoxy) is 1. The summed E-state index contributed by atoms with van der Waals surface area (Å²) >= 11 is 0. The molecule has 5 N–H and O–H groups in total. The Morgan fingerprint density at radius 2 is 1.90 bits per heavy atom. The number of hydrazine groups is 1. The smallest absolute Gasteiger partial charge is 0.323 e. The first-order valence-corrected chi connectivity index (χ1v) is 6.38. The van der Waals surface area contributed by atoms with Gasteiger partial charge in [0.2, 0.25) is 17.8 Å². The number of hydrogen-bond donors (Lipinski definition) is 4. The van der Waals surface area contributed by atoms with Gasteiger partial charge in [0, 0.05) is 6.04 Å². The summed E-state index contributed by atoms with van der Waals surface area (Å²) in [7, 11) is 0. The summed E-state index contributed by atoms with van der Waals surface area (Å²) in [5.74, 6) is 5.49. The zero-order chi connectivity index (χ0) is 15.1. The minimum absolute atomic E-state index is 0.0605. The molecule has 1 aromatic rings. The number of nitrogens with two attached hydrogens (primary N) is 1. The fourth-order valence-corrected chi connectivity index (χ4v) is 1.35. The first kappa shape index (κ1) is 15.9. The van der Waals surface area contributed by atoms with Crippen LogP contribution in [0.5, 0.6) is 6.01 Å². The van der Waals surface area contributed by atoms with Gasteiger partial charge >= 0.3 is 6.01 Å². The molecule has 0 saturated heterocycles. The number of anilines is 2. The summed E-state index contributed by atoms with van der Waals surface area (Å²) in [6.07, 6.45) is 0. The third-order valence-corrected chi connectivity index (χ3v) is 2.19. The third-order valence-electron chi connectivity index (χ3n) is 2.19. The van der Waals surface area contributed by atoms with E-state index >= 15 is 0 Å². The van der Waals surface area contributed by atoms with Crippen molar-refractivity contribution in [2.45, 2.75) is 39.8 Å².